The Labute approximate surface area is 152 Å². The normalized spacial score (nSPS) is 11.2. The van der Waals surface area contributed by atoms with Gasteiger partial charge in [0.15, 0.2) is 0 Å². The van der Waals surface area contributed by atoms with Crippen molar-refractivity contribution in [2.75, 3.05) is 13.6 Å². The molecule has 2 aromatic rings. The van der Waals surface area contributed by atoms with E-state index in [1.54, 1.807) is 42.5 Å². The zero-order valence-corrected chi connectivity index (χ0v) is 15.3. The summed E-state index contributed by atoms with van der Waals surface area (Å²) in [5.74, 6) is -0.408. The first-order valence-corrected chi connectivity index (χ1v) is 9.79. The molecule has 3 N–H and O–H groups in total. The van der Waals surface area contributed by atoms with Crippen LogP contribution in [-0.4, -0.2) is 28.0 Å². The van der Waals surface area contributed by atoms with Crippen molar-refractivity contribution in [3.63, 3.8) is 0 Å². The van der Waals surface area contributed by atoms with Gasteiger partial charge < -0.3 is 10.6 Å². The highest BCUT2D eigenvalue weighted by Gasteiger charge is 2.09. The number of carbonyl (C=O) groups excluding carboxylic acids is 1. The number of hydrogen-bond acceptors (Lipinski definition) is 3. The highest BCUT2D eigenvalue weighted by molar-refractivity contribution is 7.88. The molecule has 8 heteroatoms. The minimum absolute atomic E-state index is 0.119. The Morgan fingerprint density at radius 3 is 2.50 bits per heavy atom. The molecule has 0 unspecified atom stereocenters. The quantitative estimate of drug-likeness (QED) is 0.655. The molecule has 0 aliphatic rings. The summed E-state index contributed by atoms with van der Waals surface area (Å²) in [5.41, 5.74) is 1.97. The Kier molecular flexibility index (Phi) is 7.11. The topological polar surface area (TPSA) is 87.3 Å². The third-order valence-electron chi connectivity index (χ3n) is 3.75. The number of nitrogens with one attached hydrogen (secondary N) is 3. The fourth-order valence-electron chi connectivity index (χ4n) is 2.38. The Morgan fingerprint density at radius 1 is 1.04 bits per heavy atom. The van der Waals surface area contributed by atoms with Gasteiger partial charge in [-0.05, 0) is 36.2 Å². The van der Waals surface area contributed by atoms with Crippen LogP contribution in [0.25, 0.3) is 0 Å². The third kappa shape index (κ3) is 6.45. The third-order valence-corrected chi connectivity index (χ3v) is 5.09. The summed E-state index contributed by atoms with van der Waals surface area (Å²) < 4.78 is 38.9. The number of rotatable bonds is 8. The van der Waals surface area contributed by atoms with E-state index < -0.39 is 10.0 Å². The summed E-state index contributed by atoms with van der Waals surface area (Å²) in [6, 6.07) is 13.1. The van der Waals surface area contributed by atoms with E-state index in [1.807, 2.05) is 0 Å². The molecule has 140 valence electrons. The molecule has 2 rings (SSSR count). The van der Waals surface area contributed by atoms with E-state index in [9.17, 15) is 17.6 Å². The van der Waals surface area contributed by atoms with Gasteiger partial charge >= 0.3 is 6.03 Å². The molecule has 2 amide bonds. The van der Waals surface area contributed by atoms with Gasteiger partial charge in [0, 0.05) is 13.1 Å². The van der Waals surface area contributed by atoms with Gasteiger partial charge in [-0.2, -0.15) is 0 Å². The molecule has 0 bridgehead atoms. The smallest absolute Gasteiger partial charge is 0.315 e. The lowest BCUT2D eigenvalue weighted by molar-refractivity contribution is 0.240. The summed E-state index contributed by atoms with van der Waals surface area (Å²) in [7, 11) is -1.98. The monoisotopic (exact) mass is 379 g/mol. The van der Waals surface area contributed by atoms with Crippen molar-refractivity contribution >= 4 is 16.1 Å². The molecule has 0 heterocycles. The summed E-state index contributed by atoms with van der Waals surface area (Å²) in [5, 5.41) is 5.36. The van der Waals surface area contributed by atoms with Crippen molar-refractivity contribution in [3.05, 3.63) is 71.0 Å². The zero-order chi connectivity index (χ0) is 19.0. The highest BCUT2D eigenvalue weighted by atomic mass is 32.2. The molecule has 0 radical (unpaired) electrons. The van der Waals surface area contributed by atoms with Crippen LogP contribution in [0.5, 0.6) is 0 Å². The van der Waals surface area contributed by atoms with E-state index >= 15 is 0 Å². The van der Waals surface area contributed by atoms with Crippen LogP contribution in [0, 0.1) is 5.82 Å². The minimum Gasteiger partial charge on any atom is -0.338 e. The molecule has 6 nitrogen and oxygen atoms in total. The molecule has 2 aromatic carbocycles. The van der Waals surface area contributed by atoms with Crippen molar-refractivity contribution in [3.8, 4) is 0 Å². The predicted octanol–water partition coefficient (Wildman–Crippen LogP) is 1.92. The van der Waals surface area contributed by atoms with Gasteiger partial charge in [-0.3, -0.25) is 0 Å². The Morgan fingerprint density at radius 2 is 1.77 bits per heavy atom. The van der Waals surface area contributed by atoms with Gasteiger partial charge in [0.05, 0.1) is 5.75 Å². The molecule has 0 atom stereocenters. The van der Waals surface area contributed by atoms with Crippen molar-refractivity contribution in [2.45, 2.75) is 18.7 Å². The maximum atomic E-state index is 13.5. The summed E-state index contributed by atoms with van der Waals surface area (Å²) >= 11 is 0. The maximum Gasteiger partial charge on any atom is 0.315 e. The molecule has 0 aliphatic carbocycles. The molecule has 26 heavy (non-hydrogen) atoms. The van der Waals surface area contributed by atoms with E-state index in [-0.39, 0.29) is 24.1 Å². The van der Waals surface area contributed by atoms with Crippen LogP contribution < -0.4 is 15.4 Å². The molecule has 0 saturated carbocycles. The molecule has 0 fully saturated rings. The fourth-order valence-corrected chi connectivity index (χ4v) is 3.14. The summed E-state index contributed by atoms with van der Waals surface area (Å²) in [6.45, 7) is 0.576. The lowest BCUT2D eigenvalue weighted by Crippen LogP contribution is -2.36. The number of amides is 2. The number of sulfonamides is 1. The maximum absolute atomic E-state index is 13.5. The molecular formula is C18H22FN3O3S. The Balaban J connectivity index is 1.79. The van der Waals surface area contributed by atoms with Gasteiger partial charge in [0.1, 0.15) is 5.82 Å². The number of carbonyl (C=O) groups is 1. The van der Waals surface area contributed by atoms with E-state index in [4.69, 9.17) is 0 Å². The first-order valence-electron chi connectivity index (χ1n) is 8.14. The van der Waals surface area contributed by atoms with Crippen molar-refractivity contribution in [1.82, 2.24) is 15.4 Å². The average Bonchev–Trinajstić information content (AvgIpc) is 2.61. The Bertz CT molecular complexity index is 856. The molecule has 0 aromatic heterocycles. The second-order valence-electron chi connectivity index (χ2n) is 5.73. The summed E-state index contributed by atoms with van der Waals surface area (Å²) in [6.07, 6.45) is 0.400. The minimum atomic E-state index is -3.34. The number of urea groups is 1. The second-order valence-corrected chi connectivity index (χ2v) is 7.66. The molecular weight excluding hydrogens is 357 g/mol. The van der Waals surface area contributed by atoms with Gasteiger partial charge in [0.2, 0.25) is 10.0 Å². The predicted molar refractivity (Wildman–Crippen MR) is 98.5 cm³/mol. The van der Waals surface area contributed by atoms with E-state index in [1.165, 1.54) is 13.1 Å². The van der Waals surface area contributed by atoms with Gasteiger partial charge in [-0.1, -0.05) is 42.5 Å². The fraction of sp³-hybridized carbons (Fsp3) is 0.278. The number of hydrogen-bond donors (Lipinski definition) is 3. The lowest BCUT2D eigenvalue weighted by Gasteiger charge is -2.09. The standard InChI is InChI=1S/C18H22FN3O3S/c1-20-26(24,25)13-15-6-4-5-14(11-15)12-22-18(23)21-10-9-16-7-2-3-8-17(16)19/h2-8,11,20H,9-10,12-13H2,1H3,(H2,21,22,23). The highest BCUT2D eigenvalue weighted by Crippen LogP contribution is 2.09. The average molecular weight is 379 g/mol. The van der Waals surface area contributed by atoms with Crippen LogP contribution in [-0.2, 0) is 28.7 Å². The first-order chi connectivity index (χ1) is 12.4. The van der Waals surface area contributed by atoms with Crippen molar-refractivity contribution in [1.29, 1.82) is 0 Å². The van der Waals surface area contributed by atoms with Crippen LogP contribution in [0.2, 0.25) is 0 Å². The van der Waals surface area contributed by atoms with Crippen LogP contribution in [0.1, 0.15) is 16.7 Å². The Hall–Kier alpha value is -2.45. The van der Waals surface area contributed by atoms with Gasteiger partial charge in [-0.25, -0.2) is 22.3 Å². The van der Waals surface area contributed by atoms with Crippen LogP contribution in [0.4, 0.5) is 9.18 Å². The van der Waals surface area contributed by atoms with E-state index in [0.29, 0.717) is 24.1 Å². The van der Waals surface area contributed by atoms with Crippen molar-refractivity contribution < 1.29 is 17.6 Å². The zero-order valence-electron chi connectivity index (χ0n) is 14.5. The van der Waals surface area contributed by atoms with Crippen molar-refractivity contribution in [2.24, 2.45) is 0 Å². The van der Waals surface area contributed by atoms with Crippen LogP contribution in [0.15, 0.2) is 48.5 Å². The summed E-state index contributed by atoms with van der Waals surface area (Å²) in [4.78, 5) is 11.8. The lowest BCUT2D eigenvalue weighted by atomic mass is 10.1. The molecule has 0 aliphatic heterocycles. The molecule has 0 saturated heterocycles. The van der Waals surface area contributed by atoms with E-state index in [0.717, 1.165) is 5.56 Å². The molecule has 0 spiro atoms. The largest absolute Gasteiger partial charge is 0.338 e. The number of benzene rings is 2. The number of halogens is 1. The van der Waals surface area contributed by atoms with Gasteiger partial charge in [-0.15, -0.1) is 0 Å². The van der Waals surface area contributed by atoms with Crippen LogP contribution >= 0.6 is 0 Å². The second kappa shape index (κ2) is 9.30. The first kappa shape index (κ1) is 19.9. The van der Waals surface area contributed by atoms with Crippen LogP contribution in [0.3, 0.4) is 0 Å². The SMILES string of the molecule is CNS(=O)(=O)Cc1cccc(CNC(=O)NCCc2ccccc2F)c1. The van der Waals surface area contributed by atoms with E-state index in [2.05, 4.69) is 15.4 Å². The van der Waals surface area contributed by atoms with Gasteiger partial charge in [0.25, 0.3) is 0 Å².